The molecule has 1 saturated heterocycles. The minimum atomic E-state index is -3.18. The number of fused-ring (bicyclic) bond motifs is 1. The van der Waals surface area contributed by atoms with Crippen LogP contribution in [0.15, 0.2) is 24.3 Å². The standard InChI is InChI=1S/C16H22N4O3S/c1-3-15-17-13-6-4-5-7-14(13)20(15)12-16(21)18-8-10-19(11-9-18)24(2,22)23/h4-7H,3,8-12H2,1-2H3. The fourth-order valence-electron chi connectivity index (χ4n) is 3.08. The zero-order chi connectivity index (χ0) is 17.3. The molecule has 8 heteroatoms. The minimum absolute atomic E-state index is 0.000930. The van der Waals surface area contributed by atoms with Crippen LogP contribution in [0.3, 0.4) is 0 Å². The van der Waals surface area contributed by atoms with Crippen LogP contribution in [0.1, 0.15) is 12.7 Å². The molecule has 1 aromatic heterocycles. The van der Waals surface area contributed by atoms with Crippen LogP contribution in [0.5, 0.6) is 0 Å². The van der Waals surface area contributed by atoms with Gasteiger partial charge >= 0.3 is 0 Å². The molecule has 0 bridgehead atoms. The number of sulfonamides is 1. The number of piperazine rings is 1. The molecule has 0 aliphatic carbocycles. The molecule has 1 aliphatic heterocycles. The number of para-hydroxylation sites is 2. The first-order valence-electron chi connectivity index (χ1n) is 8.07. The number of carbonyl (C=O) groups is 1. The van der Waals surface area contributed by atoms with Gasteiger partial charge < -0.3 is 9.47 Å². The van der Waals surface area contributed by atoms with Gasteiger partial charge in [-0.1, -0.05) is 19.1 Å². The highest BCUT2D eigenvalue weighted by Crippen LogP contribution is 2.17. The van der Waals surface area contributed by atoms with Crippen LogP contribution in [-0.4, -0.2) is 65.5 Å². The number of benzene rings is 1. The molecule has 0 spiro atoms. The zero-order valence-corrected chi connectivity index (χ0v) is 14.8. The van der Waals surface area contributed by atoms with Crippen molar-refractivity contribution in [2.75, 3.05) is 32.4 Å². The van der Waals surface area contributed by atoms with E-state index in [1.165, 1.54) is 10.6 Å². The van der Waals surface area contributed by atoms with E-state index in [9.17, 15) is 13.2 Å². The predicted octanol–water partition coefficient (Wildman–Crippen LogP) is 0.703. The molecule has 3 rings (SSSR count). The van der Waals surface area contributed by atoms with Gasteiger partial charge in [0.25, 0.3) is 0 Å². The van der Waals surface area contributed by atoms with Gasteiger partial charge in [0.1, 0.15) is 12.4 Å². The van der Waals surface area contributed by atoms with Crippen LogP contribution in [0.2, 0.25) is 0 Å². The highest BCUT2D eigenvalue weighted by atomic mass is 32.2. The summed E-state index contributed by atoms with van der Waals surface area (Å²) in [6, 6.07) is 7.79. The Morgan fingerprint density at radius 1 is 1.17 bits per heavy atom. The maximum Gasteiger partial charge on any atom is 0.242 e. The maximum atomic E-state index is 12.6. The molecule has 1 aliphatic rings. The molecule has 1 amide bonds. The van der Waals surface area contributed by atoms with Crippen molar-refractivity contribution in [3.05, 3.63) is 30.1 Å². The Kier molecular flexibility index (Phi) is 4.60. The van der Waals surface area contributed by atoms with Gasteiger partial charge in [-0.05, 0) is 12.1 Å². The van der Waals surface area contributed by atoms with Crippen molar-refractivity contribution in [2.24, 2.45) is 0 Å². The van der Waals surface area contributed by atoms with Crippen molar-refractivity contribution >= 4 is 27.0 Å². The third-order valence-corrected chi connectivity index (χ3v) is 5.71. The third-order valence-electron chi connectivity index (χ3n) is 4.40. The Balaban J connectivity index is 1.74. The first kappa shape index (κ1) is 16.9. The predicted molar refractivity (Wildman–Crippen MR) is 92.1 cm³/mol. The van der Waals surface area contributed by atoms with Crippen molar-refractivity contribution in [3.63, 3.8) is 0 Å². The van der Waals surface area contributed by atoms with Crippen LogP contribution in [0.25, 0.3) is 11.0 Å². The van der Waals surface area contributed by atoms with E-state index in [1.807, 2.05) is 35.8 Å². The second-order valence-electron chi connectivity index (χ2n) is 6.00. The Bertz CT molecular complexity index is 851. The van der Waals surface area contributed by atoms with Crippen molar-refractivity contribution in [3.8, 4) is 0 Å². The minimum Gasteiger partial charge on any atom is -0.339 e. The number of hydrogen-bond donors (Lipinski definition) is 0. The molecule has 2 aromatic rings. The van der Waals surface area contributed by atoms with E-state index in [-0.39, 0.29) is 12.5 Å². The smallest absolute Gasteiger partial charge is 0.242 e. The largest absolute Gasteiger partial charge is 0.339 e. The fourth-order valence-corrected chi connectivity index (χ4v) is 3.90. The highest BCUT2D eigenvalue weighted by Gasteiger charge is 2.26. The SMILES string of the molecule is CCc1nc2ccccc2n1CC(=O)N1CCN(S(C)(=O)=O)CC1. The molecule has 24 heavy (non-hydrogen) atoms. The molecular weight excluding hydrogens is 328 g/mol. The van der Waals surface area contributed by atoms with Gasteiger partial charge in [0.15, 0.2) is 0 Å². The van der Waals surface area contributed by atoms with Gasteiger partial charge in [0, 0.05) is 32.6 Å². The molecule has 0 atom stereocenters. The van der Waals surface area contributed by atoms with Gasteiger partial charge in [0.05, 0.1) is 17.3 Å². The summed E-state index contributed by atoms with van der Waals surface area (Å²) in [4.78, 5) is 19.0. The summed E-state index contributed by atoms with van der Waals surface area (Å²) in [5, 5.41) is 0. The molecule has 0 N–H and O–H groups in total. The lowest BCUT2D eigenvalue weighted by atomic mass is 10.3. The summed E-state index contributed by atoms with van der Waals surface area (Å²) in [6.45, 7) is 3.83. The van der Waals surface area contributed by atoms with E-state index >= 15 is 0 Å². The monoisotopic (exact) mass is 350 g/mol. The van der Waals surface area contributed by atoms with Crippen LogP contribution in [-0.2, 0) is 27.8 Å². The fraction of sp³-hybridized carbons (Fsp3) is 0.500. The summed E-state index contributed by atoms with van der Waals surface area (Å²) < 4.78 is 26.5. The van der Waals surface area contributed by atoms with Crippen LogP contribution >= 0.6 is 0 Å². The van der Waals surface area contributed by atoms with E-state index in [0.29, 0.717) is 26.2 Å². The molecule has 0 saturated carbocycles. The molecule has 1 fully saturated rings. The number of aryl methyl sites for hydroxylation is 1. The number of amides is 1. The second-order valence-corrected chi connectivity index (χ2v) is 7.98. The van der Waals surface area contributed by atoms with Crippen LogP contribution < -0.4 is 0 Å². The number of imidazole rings is 1. The molecule has 7 nitrogen and oxygen atoms in total. The van der Waals surface area contributed by atoms with Crippen LogP contribution in [0.4, 0.5) is 0 Å². The first-order valence-corrected chi connectivity index (χ1v) is 9.92. The number of aromatic nitrogens is 2. The van der Waals surface area contributed by atoms with E-state index in [0.717, 1.165) is 23.3 Å². The Morgan fingerprint density at radius 2 is 1.83 bits per heavy atom. The Hall–Kier alpha value is -1.93. The Morgan fingerprint density at radius 3 is 2.46 bits per heavy atom. The van der Waals surface area contributed by atoms with Gasteiger partial charge in [-0.2, -0.15) is 4.31 Å². The normalized spacial score (nSPS) is 16.7. The number of rotatable bonds is 4. The van der Waals surface area contributed by atoms with Crippen molar-refractivity contribution < 1.29 is 13.2 Å². The molecule has 1 aromatic carbocycles. The van der Waals surface area contributed by atoms with Gasteiger partial charge in [-0.25, -0.2) is 13.4 Å². The van der Waals surface area contributed by atoms with Crippen molar-refractivity contribution in [2.45, 2.75) is 19.9 Å². The summed E-state index contributed by atoms with van der Waals surface area (Å²) >= 11 is 0. The molecule has 0 unspecified atom stereocenters. The summed E-state index contributed by atoms with van der Waals surface area (Å²) in [5.74, 6) is 0.889. The summed E-state index contributed by atoms with van der Waals surface area (Å²) in [5.41, 5.74) is 1.85. The second kappa shape index (κ2) is 6.52. The van der Waals surface area contributed by atoms with E-state index < -0.39 is 10.0 Å². The van der Waals surface area contributed by atoms with Crippen LogP contribution in [0, 0.1) is 0 Å². The van der Waals surface area contributed by atoms with Crippen molar-refractivity contribution in [1.29, 1.82) is 0 Å². The van der Waals surface area contributed by atoms with Gasteiger partial charge in [0.2, 0.25) is 15.9 Å². The Labute approximate surface area is 141 Å². The molecule has 2 heterocycles. The van der Waals surface area contributed by atoms with E-state index in [4.69, 9.17) is 0 Å². The highest BCUT2D eigenvalue weighted by molar-refractivity contribution is 7.88. The number of hydrogen-bond acceptors (Lipinski definition) is 4. The summed E-state index contributed by atoms with van der Waals surface area (Å²) in [6.07, 6.45) is 1.96. The first-order chi connectivity index (χ1) is 11.4. The topological polar surface area (TPSA) is 75.5 Å². The lowest BCUT2D eigenvalue weighted by molar-refractivity contribution is -0.133. The quantitative estimate of drug-likeness (QED) is 0.814. The van der Waals surface area contributed by atoms with Gasteiger partial charge in [-0.15, -0.1) is 0 Å². The van der Waals surface area contributed by atoms with Gasteiger partial charge in [-0.3, -0.25) is 4.79 Å². The third kappa shape index (κ3) is 3.29. The zero-order valence-electron chi connectivity index (χ0n) is 14.0. The molecule has 0 radical (unpaired) electrons. The molecular formula is C16H22N4O3S. The number of carbonyl (C=O) groups excluding carboxylic acids is 1. The molecule has 130 valence electrons. The maximum absolute atomic E-state index is 12.6. The average molecular weight is 350 g/mol. The summed E-state index contributed by atoms with van der Waals surface area (Å²) in [7, 11) is -3.18. The lowest BCUT2D eigenvalue weighted by Crippen LogP contribution is -2.51. The van der Waals surface area contributed by atoms with Crippen molar-refractivity contribution in [1.82, 2.24) is 18.8 Å². The average Bonchev–Trinajstić information content (AvgIpc) is 2.92. The number of nitrogens with zero attached hydrogens (tertiary/aromatic N) is 4. The van der Waals surface area contributed by atoms with E-state index in [2.05, 4.69) is 4.98 Å². The van der Waals surface area contributed by atoms with E-state index in [1.54, 1.807) is 4.90 Å². The lowest BCUT2D eigenvalue weighted by Gasteiger charge is -2.33.